The van der Waals surface area contributed by atoms with Gasteiger partial charge in [-0.3, -0.25) is 9.98 Å². The van der Waals surface area contributed by atoms with Crippen LogP contribution in [0.25, 0.3) is 65.4 Å². The minimum atomic E-state index is -0.346. The lowest BCUT2D eigenvalue weighted by atomic mass is 9.88. The standard InChI is InChI=1S/C56H46N5S/c1-5-17-36(18-6-1)39-23-15-24-40(33-39)41-34-45(56-59-54(37-19-7-2-8-20-37)58-55(60-56)38-21-9-3-10-22-38)53(57-35-41)44-28-16-30-48-51(44)52-49(62-48)32-31-47-50(52)43-27-13-14-29-46(43)61(47)42-25-11-4-12-26-42/h1-2,4-5,7-9,11-17,19-25,27-30,33-35,42,54-55H,3,6,10,18,26,31-32H2,(H,59,60)/q-1. The molecule has 0 saturated carbocycles. The number of benzene rings is 4. The summed E-state index contributed by atoms with van der Waals surface area (Å²) in [4.78, 5) is 12.5. The molecule has 302 valence electrons. The Bertz CT molecular complexity index is 3130. The minimum absolute atomic E-state index is 0.280. The summed E-state index contributed by atoms with van der Waals surface area (Å²) in [7, 11) is 0. The van der Waals surface area contributed by atoms with E-state index in [1.165, 1.54) is 53.8 Å². The number of aromatic nitrogens is 2. The van der Waals surface area contributed by atoms with Crippen LogP contribution in [0.3, 0.4) is 0 Å². The van der Waals surface area contributed by atoms with E-state index in [1.807, 2.05) is 11.3 Å². The third-order valence-electron chi connectivity index (χ3n) is 13.2. The monoisotopic (exact) mass is 820 g/mol. The molecule has 4 aliphatic carbocycles. The number of hydrogen-bond acceptors (Lipinski definition) is 4. The second-order valence-electron chi connectivity index (χ2n) is 16.9. The van der Waals surface area contributed by atoms with Gasteiger partial charge in [0.15, 0.2) is 0 Å². The molecular formula is C56H46N5S-. The number of thiophene rings is 1. The zero-order valence-electron chi connectivity index (χ0n) is 34.5. The minimum Gasteiger partial charge on any atom is -0.613 e. The highest BCUT2D eigenvalue weighted by Gasteiger charge is 2.32. The van der Waals surface area contributed by atoms with Crippen molar-refractivity contribution in [3.05, 3.63) is 208 Å². The molecule has 62 heavy (non-hydrogen) atoms. The van der Waals surface area contributed by atoms with Crippen molar-refractivity contribution in [1.29, 1.82) is 0 Å². The van der Waals surface area contributed by atoms with Gasteiger partial charge in [-0.05, 0) is 109 Å². The Morgan fingerprint density at radius 3 is 2.50 bits per heavy atom. The van der Waals surface area contributed by atoms with Crippen LogP contribution in [0.15, 0.2) is 181 Å². The number of amidine groups is 1. The lowest BCUT2D eigenvalue weighted by molar-refractivity contribution is 0.599. The molecular weight excluding hydrogens is 775 g/mol. The molecule has 3 atom stereocenters. The van der Waals surface area contributed by atoms with E-state index < -0.39 is 0 Å². The Kier molecular flexibility index (Phi) is 9.42. The van der Waals surface area contributed by atoms with E-state index in [4.69, 9.17) is 15.3 Å². The third-order valence-corrected chi connectivity index (χ3v) is 14.4. The fourth-order valence-electron chi connectivity index (χ4n) is 10.2. The van der Waals surface area contributed by atoms with E-state index in [-0.39, 0.29) is 12.3 Å². The summed E-state index contributed by atoms with van der Waals surface area (Å²) in [5, 5.41) is 11.8. The smallest absolute Gasteiger partial charge is 0.128 e. The summed E-state index contributed by atoms with van der Waals surface area (Å²) >= 11 is 1.95. The fraction of sp³-hybridized carbons (Fsp3) is 0.179. The average Bonchev–Trinajstić information content (AvgIpc) is 3.91. The second-order valence-corrected chi connectivity index (χ2v) is 18.0. The normalized spacial score (nSPS) is 20.4. The van der Waals surface area contributed by atoms with E-state index in [0.29, 0.717) is 6.04 Å². The van der Waals surface area contributed by atoms with Crippen molar-refractivity contribution in [3.8, 4) is 33.5 Å². The Balaban J connectivity index is 1.08. The first-order valence-corrected chi connectivity index (χ1v) is 23.0. The summed E-state index contributed by atoms with van der Waals surface area (Å²) in [5.41, 5.74) is 15.6. The molecule has 0 radical (unpaired) electrons. The molecule has 1 aliphatic heterocycles. The highest BCUT2D eigenvalue weighted by atomic mass is 32.1. The molecule has 4 heterocycles. The highest BCUT2D eigenvalue weighted by Crippen LogP contribution is 2.52. The molecule has 3 aromatic heterocycles. The van der Waals surface area contributed by atoms with Crippen molar-refractivity contribution in [3.63, 3.8) is 0 Å². The molecule has 0 bridgehead atoms. The Morgan fingerprint density at radius 2 is 1.63 bits per heavy atom. The lowest BCUT2D eigenvalue weighted by Gasteiger charge is -2.44. The van der Waals surface area contributed by atoms with E-state index in [0.717, 1.165) is 89.9 Å². The average molecular weight is 821 g/mol. The van der Waals surface area contributed by atoms with Crippen molar-refractivity contribution in [2.45, 2.75) is 63.3 Å². The van der Waals surface area contributed by atoms with E-state index in [9.17, 15) is 0 Å². The zero-order chi connectivity index (χ0) is 41.0. The fourth-order valence-corrected chi connectivity index (χ4v) is 11.5. The Labute approximate surface area is 367 Å². The van der Waals surface area contributed by atoms with Gasteiger partial charge in [-0.15, -0.1) is 11.3 Å². The van der Waals surface area contributed by atoms with Gasteiger partial charge < -0.3 is 15.2 Å². The molecule has 0 amide bonds. The van der Waals surface area contributed by atoms with Crippen LogP contribution in [0.4, 0.5) is 0 Å². The first-order chi connectivity index (χ1) is 30.7. The van der Waals surface area contributed by atoms with E-state index in [2.05, 4.69) is 180 Å². The molecule has 7 aromatic rings. The quantitative estimate of drug-likeness (QED) is 0.174. The number of aryl methyl sites for hydroxylation is 1. The SMILES string of the molecule is C1=CCCC(c2cccc(-c3cnc(-c4cccc5sc6c(c45)-c4c(n(C5C=CC=CC5)c5ccccc45)CC6)c(C4=NC(C5=CCCC=C5)[N-]C(c5ccccc5)N4)c3)c2)=C1. The van der Waals surface area contributed by atoms with E-state index >= 15 is 0 Å². The summed E-state index contributed by atoms with van der Waals surface area (Å²) in [6, 6.07) is 38.0. The molecule has 0 spiro atoms. The Morgan fingerprint density at radius 1 is 0.726 bits per heavy atom. The van der Waals surface area contributed by atoms with Crippen LogP contribution >= 0.6 is 11.3 Å². The number of rotatable bonds is 7. The van der Waals surface area contributed by atoms with Gasteiger partial charge in [-0.2, -0.15) is 0 Å². The third kappa shape index (κ3) is 6.48. The van der Waals surface area contributed by atoms with Gasteiger partial charge in [0.05, 0.1) is 11.7 Å². The van der Waals surface area contributed by atoms with Crippen molar-refractivity contribution < 1.29 is 0 Å². The summed E-state index contributed by atoms with van der Waals surface area (Å²) in [6.07, 6.45) is 31.2. The van der Waals surface area contributed by atoms with Crippen LogP contribution in [0, 0.1) is 0 Å². The number of nitrogens with zero attached hydrogens (tertiary/aromatic N) is 4. The van der Waals surface area contributed by atoms with Gasteiger partial charge in [0.1, 0.15) is 5.84 Å². The number of nitrogens with one attached hydrogen (secondary N) is 1. The summed E-state index contributed by atoms with van der Waals surface area (Å²) in [5.74, 6) is 0.815. The van der Waals surface area contributed by atoms with Gasteiger partial charge >= 0.3 is 0 Å². The maximum Gasteiger partial charge on any atom is 0.128 e. The van der Waals surface area contributed by atoms with Crippen molar-refractivity contribution in [1.82, 2.24) is 14.9 Å². The van der Waals surface area contributed by atoms with Gasteiger partial charge in [0.2, 0.25) is 0 Å². The van der Waals surface area contributed by atoms with Crippen molar-refractivity contribution in [2.24, 2.45) is 4.99 Å². The topological polar surface area (TPSA) is 56.3 Å². The van der Waals surface area contributed by atoms with Crippen LogP contribution < -0.4 is 5.32 Å². The van der Waals surface area contributed by atoms with Crippen LogP contribution in [0.2, 0.25) is 0 Å². The number of para-hydroxylation sites is 1. The molecule has 5 nitrogen and oxygen atoms in total. The van der Waals surface area contributed by atoms with Crippen LogP contribution in [0.5, 0.6) is 0 Å². The van der Waals surface area contributed by atoms with Gasteiger partial charge in [-0.25, -0.2) is 0 Å². The number of aliphatic imine (C=N–C) groups is 1. The summed E-state index contributed by atoms with van der Waals surface area (Å²) < 4.78 is 3.93. The molecule has 6 heteroatoms. The Hall–Kier alpha value is -6.60. The van der Waals surface area contributed by atoms with Crippen LogP contribution in [-0.2, 0) is 12.8 Å². The van der Waals surface area contributed by atoms with Crippen LogP contribution in [-0.4, -0.2) is 21.6 Å². The first kappa shape index (κ1) is 37.2. The van der Waals surface area contributed by atoms with Crippen molar-refractivity contribution >= 4 is 43.7 Å². The molecule has 1 N–H and O–H groups in total. The van der Waals surface area contributed by atoms with Gasteiger partial charge in [0, 0.05) is 65.6 Å². The lowest BCUT2D eigenvalue weighted by Crippen LogP contribution is -2.37. The zero-order valence-corrected chi connectivity index (χ0v) is 35.4. The second kappa shape index (κ2) is 15.7. The largest absolute Gasteiger partial charge is 0.613 e. The van der Waals surface area contributed by atoms with Gasteiger partial charge in [0.25, 0.3) is 0 Å². The molecule has 5 aliphatic rings. The molecule has 3 unspecified atom stereocenters. The van der Waals surface area contributed by atoms with Gasteiger partial charge in [-0.1, -0.05) is 140 Å². The maximum atomic E-state index is 5.53. The van der Waals surface area contributed by atoms with Crippen LogP contribution in [0.1, 0.15) is 71.6 Å². The molecule has 0 fully saturated rings. The molecule has 4 aromatic carbocycles. The van der Waals surface area contributed by atoms with Crippen molar-refractivity contribution in [2.75, 3.05) is 0 Å². The number of fused-ring (bicyclic) bond motifs is 7. The number of hydrogen-bond donors (Lipinski definition) is 1. The maximum absolute atomic E-state index is 5.53. The number of pyridine rings is 1. The number of allylic oxidation sites excluding steroid dienone is 10. The predicted molar refractivity (Wildman–Crippen MR) is 260 cm³/mol. The first-order valence-electron chi connectivity index (χ1n) is 22.2. The molecule has 0 saturated heterocycles. The predicted octanol–water partition coefficient (Wildman–Crippen LogP) is 14.2. The molecule has 12 rings (SSSR count). The summed E-state index contributed by atoms with van der Waals surface area (Å²) in [6.45, 7) is 0. The highest BCUT2D eigenvalue weighted by molar-refractivity contribution is 7.19. The van der Waals surface area contributed by atoms with E-state index in [1.54, 1.807) is 0 Å².